The van der Waals surface area contributed by atoms with E-state index in [1.165, 1.54) is 12.0 Å². The van der Waals surface area contributed by atoms with Crippen LogP contribution in [0.25, 0.3) is 0 Å². The van der Waals surface area contributed by atoms with Crippen molar-refractivity contribution >= 4 is 0 Å². The van der Waals surface area contributed by atoms with Crippen LogP contribution in [0.5, 0.6) is 0 Å². The van der Waals surface area contributed by atoms with E-state index in [0.29, 0.717) is 6.10 Å². The fourth-order valence-electron chi connectivity index (χ4n) is 2.83. The third-order valence-corrected chi connectivity index (χ3v) is 4.05. The molecular weight excluding hydrogens is 226 g/mol. The number of aromatic nitrogens is 2. The predicted octanol–water partition coefficient (Wildman–Crippen LogP) is 1.76. The van der Waals surface area contributed by atoms with Crippen LogP contribution in [0.4, 0.5) is 0 Å². The summed E-state index contributed by atoms with van der Waals surface area (Å²) in [5.41, 5.74) is 1.55. The number of ether oxygens (including phenoxy) is 1. The molecule has 0 aromatic carbocycles. The topological polar surface area (TPSA) is 39.1 Å². The van der Waals surface area contributed by atoms with Crippen molar-refractivity contribution in [2.75, 3.05) is 19.7 Å². The molecule has 102 valence electrons. The Morgan fingerprint density at radius 1 is 1.61 bits per heavy atom. The van der Waals surface area contributed by atoms with Crippen LogP contribution in [0.1, 0.15) is 32.3 Å². The average molecular weight is 251 g/mol. The molecule has 1 N–H and O–H groups in total. The Hall–Kier alpha value is -0.870. The van der Waals surface area contributed by atoms with Crippen LogP contribution in [0.3, 0.4) is 0 Å². The van der Waals surface area contributed by atoms with Crippen molar-refractivity contribution in [3.05, 3.63) is 18.0 Å². The molecule has 0 spiro atoms. The number of nitrogens with zero attached hydrogens (tertiary/aromatic N) is 2. The first-order chi connectivity index (χ1) is 8.66. The van der Waals surface area contributed by atoms with Gasteiger partial charge in [0.15, 0.2) is 0 Å². The summed E-state index contributed by atoms with van der Waals surface area (Å²) >= 11 is 0. The molecule has 2 atom stereocenters. The molecule has 1 aromatic heterocycles. The molecule has 4 nitrogen and oxygen atoms in total. The van der Waals surface area contributed by atoms with E-state index >= 15 is 0 Å². The Labute approximate surface area is 110 Å². The summed E-state index contributed by atoms with van der Waals surface area (Å²) in [5.74, 6) is 0. The van der Waals surface area contributed by atoms with Crippen molar-refractivity contribution in [2.24, 2.45) is 12.5 Å². The Balaban J connectivity index is 2.04. The molecule has 2 rings (SSSR count). The smallest absolute Gasteiger partial charge is 0.0619 e. The minimum Gasteiger partial charge on any atom is -0.378 e. The molecule has 1 aliphatic rings. The monoisotopic (exact) mass is 251 g/mol. The van der Waals surface area contributed by atoms with E-state index in [2.05, 4.69) is 30.5 Å². The number of hydrogen-bond donors (Lipinski definition) is 1. The summed E-state index contributed by atoms with van der Waals surface area (Å²) in [5, 5.41) is 7.83. The summed E-state index contributed by atoms with van der Waals surface area (Å²) in [4.78, 5) is 0. The Kier molecular flexibility index (Phi) is 4.40. The molecule has 1 fully saturated rings. The van der Waals surface area contributed by atoms with Gasteiger partial charge in [0.25, 0.3) is 0 Å². The number of hydrogen-bond acceptors (Lipinski definition) is 3. The Morgan fingerprint density at radius 3 is 3.00 bits per heavy atom. The van der Waals surface area contributed by atoms with Crippen LogP contribution in [-0.2, 0) is 18.2 Å². The highest BCUT2D eigenvalue weighted by Gasteiger charge is 2.41. The summed E-state index contributed by atoms with van der Waals surface area (Å²) in [6.45, 7) is 7.42. The van der Waals surface area contributed by atoms with E-state index in [4.69, 9.17) is 4.74 Å². The average Bonchev–Trinajstić information content (AvgIpc) is 2.88. The van der Waals surface area contributed by atoms with Gasteiger partial charge in [-0.05, 0) is 38.3 Å². The van der Waals surface area contributed by atoms with Gasteiger partial charge in [0.05, 0.1) is 12.3 Å². The van der Waals surface area contributed by atoms with E-state index in [1.807, 2.05) is 17.9 Å². The molecule has 1 aliphatic heterocycles. The summed E-state index contributed by atoms with van der Waals surface area (Å²) in [6, 6.07) is 0. The van der Waals surface area contributed by atoms with Crippen LogP contribution in [0, 0.1) is 5.41 Å². The molecular formula is C14H25N3O. The highest BCUT2D eigenvalue weighted by Crippen LogP contribution is 2.37. The molecule has 0 saturated carbocycles. The fraction of sp³-hybridized carbons (Fsp3) is 0.786. The van der Waals surface area contributed by atoms with Crippen LogP contribution < -0.4 is 5.32 Å². The van der Waals surface area contributed by atoms with Crippen LogP contribution in [0.15, 0.2) is 12.4 Å². The SMILES string of the molecule is CCCNCC1(Cc2cnn(C)c2)CCOC1C. The summed E-state index contributed by atoms with van der Waals surface area (Å²) in [7, 11) is 1.97. The molecule has 2 unspecified atom stereocenters. The van der Waals surface area contributed by atoms with E-state index in [1.54, 1.807) is 0 Å². The van der Waals surface area contributed by atoms with Gasteiger partial charge < -0.3 is 10.1 Å². The zero-order valence-electron chi connectivity index (χ0n) is 11.8. The van der Waals surface area contributed by atoms with Crippen molar-refractivity contribution in [1.82, 2.24) is 15.1 Å². The highest BCUT2D eigenvalue weighted by molar-refractivity contribution is 5.10. The lowest BCUT2D eigenvalue weighted by atomic mass is 9.76. The maximum Gasteiger partial charge on any atom is 0.0619 e. The van der Waals surface area contributed by atoms with Gasteiger partial charge in [-0.1, -0.05) is 6.92 Å². The lowest BCUT2D eigenvalue weighted by Crippen LogP contribution is -2.41. The zero-order valence-corrected chi connectivity index (χ0v) is 11.8. The fourth-order valence-corrected chi connectivity index (χ4v) is 2.83. The first-order valence-electron chi connectivity index (χ1n) is 6.96. The van der Waals surface area contributed by atoms with E-state index in [9.17, 15) is 0 Å². The first-order valence-corrected chi connectivity index (χ1v) is 6.96. The quantitative estimate of drug-likeness (QED) is 0.783. The van der Waals surface area contributed by atoms with Crippen LogP contribution in [-0.4, -0.2) is 35.6 Å². The van der Waals surface area contributed by atoms with E-state index in [0.717, 1.165) is 32.5 Å². The molecule has 1 aromatic rings. The van der Waals surface area contributed by atoms with Gasteiger partial charge in [0.2, 0.25) is 0 Å². The third-order valence-electron chi connectivity index (χ3n) is 4.05. The lowest BCUT2D eigenvalue weighted by molar-refractivity contribution is 0.0631. The van der Waals surface area contributed by atoms with Crippen molar-refractivity contribution in [3.63, 3.8) is 0 Å². The second kappa shape index (κ2) is 5.85. The molecule has 0 bridgehead atoms. The lowest BCUT2D eigenvalue weighted by Gasteiger charge is -2.32. The van der Waals surface area contributed by atoms with Crippen LogP contribution >= 0.6 is 0 Å². The van der Waals surface area contributed by atoms with Gasteiger partial charge in [-0.25, -0.2) is 0 Å². The number of aryl methyl sites for hydroxylation is 1. The van der Waals surface area contributed by atoms with Gasteiger partial charge in [0, 0.05) is 31.8 Å². The molecule has 0 amide bonds. The minimum absolute atomic E-state index is 0.234. The molecule has 4 heteroatoms. The van der Waals surface area contributed by atoms with Crippen molar-refractivity contribution < 1.29 is 4.74 Å². The summed E-state index contributed by atoms with van der Waals surface area (Å²) in [6.07, 6.45) is 7.79. The second-order valence-electron chi connectivity index (χ2n) is 5.50. The van der Waals surface area contributed by atoms with Gasteiger partial charge in [0.1, 0.15) is 0 Å². The van der Waals surface area contributed by atoms with Crippen LogP contribution in [0.2, 0.25) is 0 Å². The van der Waals surface area contributed by atoms with Gasteiger partial charge in [-0.15, -0.1) is 0 Å². The van der Waals surface area contributed by atoms with Crippen molar-refractivity contribution in [2.45, 2.75) is 39.2 Å². The zero-order chi connectivity index (χ0) is 13.0. The standard InChI is InChI=1S/C14H25N3O/c1-4-6-15-11-14(5-7-18-12(14)2)8-13-9-16-17(3)10-13/h9-10,12,15H,4-8,11H2,1-3H3. The molecule has 2 heterocycles. The molecule has 0 aliphatic carbocycles. The Morgan fingerprint density at radius 2 is 2.44 bits per heavy atom. The van der Waals surface area contributed by atoms with Gasteiger partial charge >= 0.3 is 0 Å². The number of nitrogens with one attached hydrogen (secondary N) is 1. The normalized spacial score (nSPS) is 27.8. The third kappa shape index (κ3) is 2.93. The first kappa shape index (κ1) is 13.6. The largest absolute Gasteiger partial charge is 0.378 e. The summed E-state index contributed by atoms with van der Waals surface area (Å²) < 4.78 is 7.69. The van der Waals surface area contributed by atoms with Gasteiger partial charge in [-0.2, -0.15) is 5.10 Å². The predicted molar refractivity (Wildman–Crippen MR) is 72.5 cm³/mol. The van der Waals surface area contributed by atoms with Crippen molar-refractivity contribution in [1.29, 1.82) is 0 Å². The molecule has 0 radical (unpaired) electrons. The number of rotatable bonds is 6. The maximum atomic E-state index is 5.81. The van der Waals surface area contributed by atoms with Crippen molar-refractivity contribution in [3.8, 4) is 0 Å². The minimum atomic E-state index is 0.234. The van der Waals surface area contributed by atoms with E-state index < -0.39 is 0 Å². The molecule has 1 saturated heterocycles. The highest BCUT2D eigenvalue weighted by atomic mass is 16.5. The molecule has 18 heavy (non-hydrogen) atoms. The second-order valence-corrected chi connectivity index (χ2v) is 5.50. The van der Waals surface area contributed by atoms with Gasteiger partial charge in [-0.3, -0.25) is 4.68 Å². The maximum absolute atomic E-state index is 5.81. The van der Waals surface area contributed by atoms with E-state index in [-0.39, 0.29) is 5.41 Å². The Bertz CT molecular complexity index is 377.